The Morgan fingerprint density at radius 2 is 1.96 bits per heavy atom. The van der Waals surface area contributed by atoms with Crippen molar-refractivity contribution in [1.29, 1.82) is 0 Å². The van der Waals surface area contributed by atoms with Crippen LogP contribution in [0.4, 0.5) is 0 Å². The lowest BCUT2D eigenvalue weighted by Crippen LogP contribution is -2.30. The zero-order chi connectivity index (χ0) is 19.2. The van der Waals surface area contributed by atoms with Gasteiger partial charge in [0.1, 0.15) is 5.69 Å². The van der Waals surface area contributed by atoms with Crippen LogP contribution in [-0.4, -0.2) is 25.5 Å². The highest BCUT2D eigenvalue weighted by atomic mass is 16.2. The van der Waals surface area contributed by atoms with Gasteiger partial charge in [0.2, 0.25) is 0 Å². The summed E-state index contributed by atoms with van der Waals surface area (Å²) in [5.41, 5.74) is 4.74. The van der Waals surface area contributed by atoms with Crippen molar-refractivity contribution in [3.8, 4) is 0 Å². The molecule has 0 radical (unpaired) electrons. The van der Waals surface area contributed by atoms with Crippen molar-refractivity contribution in [1.82, 2.24) is 24.9 Å². The molecular weight excluding hydrogens is 326 g/mol. The number of amides is 1. The topological polar surface area (TPSA) is 64.7 Å². The Balaban J connectivity index is 1.87. The number of nitrogens with zero attached hydrogens (tertiary/aromatic N) is 4. The van der Waals surface area contributed by atoms with E-state index in [4.69, 9.17) is 0 Å². The average Bonchev–Trinajstić information content (AvgIpc) is 3.23. The van der Waals surface area contributed by atoms with Crippen LogP contribution in [0.5, 0.6) is 0 Å². The lowest BCUT2D eigenvalue weighted by atomic mass is 10.0. The first-order chi connectivity index (χ1) is 12.1. The first-order valence-electron chi connectivity index (χ1n) is 9.54. The summed E-state index contributed by atoms with van der Waals surface area (Å²) < 4.78 is 3.90. The van der Waals surface area contributed by atoms with Crippen LogP contribution in [-0.2, 0) is 12.6 Å². The summed E-state index contributed by atoms with van der Waals surface area (Å²) in [6, 6.07) is 1.92. The molecule has 6 nitrogen and oxygen atoms in total. The Morgan fingerprint density at radius 1 is 1.31 bits per heavy atom. The highest BCUT2D eigenvalue weighted by molar-refractivity contribution is 5.92. The Bertz CT molecular complexity index is 820. The van der Waals surface area contributed by atoms with Gasteiger partial charge in [-0.15, -0.1) is 0 Å². The van der Waals surface area contributed by atoms with Crippen molar-refractivity contribution in [3.05, 3.63) is 34.4 Å². The molecule has 2 heterocycles. The van der Waals surface area contributed by atoms with Gasteiger partial charge >= 0.3 is 0 Å². The van der Waals surface area contributed by atoms with Gasteiger partial charge in [-0.25, -0.2) is 0 Å². The average molecular weight is 358 g/mol. The SMILES string of the molecule is CCC(NC(=O)c1cc(C2CC2)n(C(C)(C)C)n1)c1c(C)nn(C)c1C. The highest BCUT2D eigenvalue weighted by Gasteiger charge is 2.33. The minimum atomic E-state index is -0.128. The third-order valence-electron chi connectivity index (χ3n) is 5.23. The third-order valence-corrected chi connectivity index (χ3v) is 5.23. The van der Waals surface area contributed by atoms with Crippen LogP contribution in [0, 0.1) is 13.8 Å². The Kier molecular flexibility index (Phi) is 4.71. The van der Waals surface area contributed by atoms with Gasteiger partial charge in [0.05, 0.1) is 17.3 Å². The molecule has 142 valence electrons. The van der Waals surface area contributed by atoms with E-state index in [0.29, 0.717) is 11.6 Å². The van der Waals surface area contributed by atoms with E-state index < -0.39 is 0 Å². The van der Waals surface area contributed by atoms with E-state index in [0.717, 1.165) is 23.4 Å². The smallest absolute Gasteiger partial charge is 0.272 e. The van der Waals surface area contributed by atoms with Crippen molar-refractivity contribution in [2.45, 2.75) is 78.3 Å². The summed E-state index contributed by atoms with van der Waals surface area (Å²) in [6.07, 6.45) is 3.19. The fourth-order valence-corrected chi connectivity index (χ4v) is 3.62. The molecule has 6 heteroatoms. The minimum absolute atomic E-state index is 0.0552. The summed E-state index contributed by atoms with van der Waals surface area (Å²) in [6.45, 7) is 12.5. The summed E-state index contributed by atoms with van der Waals surface area (Å²) in [5.74, 6) is 0.442. The second kappa shape index (κ2) is 6.56. The van der Waals surface area contributed by atoms with Crippen molar-refractivity contribution >= 4 is 5.91 Å². The van der Waals surface area contributed by atoms with Crippen molar-refractivity contribution in [2.75, 3.05) is 0 Å². The van der Waals surface area contributed by atoms with Crippen LogP contribution in [0.15, 0.2) is 6.07 Å². The number of carbonyl (C=O) groups is 1. The molecule has 0 bridgehead atoms. The maximum atomic E-state index is 12.9. The van der Waals surface area contributed by atoms with Gasteiger partial charge in [-0.05, 0) is 59.9 Å². The molecule has 0 aliphatic heterocycles. The predicted octanol–water partition coefficient (Wildman–Crippen LogP) is 3.75. The molecule has 1 saturated carbocycles. The summed E-state index contributed by atoms with van der Waals surface area (Å²) in [4.78, 5) is 12.9. The Morgan fingerprint density at radius 3 is 2.42 bits per heavy atom. The molecule has 0 spiro atoms. The largest absolute Gasteiger partial charge is 0.344 e. The number of hydrogen-bond acceptors (Lipinski definition) is 3. The number of rotatable bonds is 5. The van der Waals surface area contributed by atoms with E-state index in [2.05, 4.69) is 43.2 Å². The molecule has 1 aliphatic carbocycles. The predicted molar refractivity (Wildman–Crippen MR) is 102 cm³/mol. The lowest BCUT2D eigenvalue weighted by Gasteiger charge is -2.22. The fourth-order valence-electron chi connectivity index (χ4n) is 3.62. The molecule has 1 atom stereocenters. The second-order valence-electron chi connectivity index (χ2n) is 8.45. The van der Waals surface area contributed by atoms with Gasteiger partial charge in [0, 0.05) is 29.9 Å². The summed E-state index contributed by atoms with van der Waals surface area (Å²) >= 11 is 0. The van der Waals surface area contributed by atoms with E-state index in [-0.39, 0.29) is 17.5 Å². The molecule has 1 amide bonds. The van der Waals surface area contributed by atoms with E-state index >= 15 is 0 Å². The van der Waals surface area contributed by atoms with Gasteiger partial charge in [-0.2, -0.15) is 10.2 Å². The molecule has 2 aromatic rings. The molecular formula is C20H31N5O. The molecule has 2 aromatic heterocycles. The Labute approximate surface area is 156 Å². The van der Waals surface area contributed by atoms with E-state index in [1.54, 1.807) is 0 Å². The minimum Gasteiger partial charge on any atom is -0.344 e. The Hall–Kier alpha value is -2.11. The van der Waals surface area contributed by atoms with Gasteiger partial charge in [0.25, 0.3) is 5.91 Å². The normalized spacial score (nSPS) is 16.0. The van der Waals surface area contributed by atoms with Crippen molar-refractivity contribution in [3.63, 3.8) is 0 Å². The molecule has 26 heavy (non-hydrogen) atoms. The quantitative estimate of drug-likeness (QED) is 0.886. The van der Waals surface area contributed by atoms with Crippen LogP contribution in [0.3, 0.4) is 0 Å². The zero-order valence-electron chi connectivity index (χ0n) is 17.1. The first kappa shape index (κ1) is 18.7. The monoisotopic (exact) mass is 357 g/mol. The van der Waals surface area contributed by atoms with Gasteiger partial charge < -0.3 is 5.32 Å². The van der Waals surface area contributed by atoms with Crippen LogP contribution >= 0.6 is 0 Å². The number of carbonyl (C=O) groups excluding carboxylic acids is 1. The van der Waals surface area contributed by atoms with Gasteiger partial charge in [0.15, 0.2) is 0 Å². The van der Waals surface area contributed by atoms with Crippen LogP contribution < -0.4 is 5.32 Å². The summed E-state index contributed by atoms with van der Waals surface area (Å²) in [5, 5.41) is 12.3. The number of aryl methyl sites for hydroxylation is 2. The number of nitrogens with one attached hydrogen (secondary N) is 1. The van der Waals surface area contributed by atoms with Gasteiger partial charge in [-0.1, -0.05) is 6.92 Å². The molecule has 1 N–H and O–H groups in total. The molecule has 1 unspecified atom stereocenters. The van der Waals surface area contributed by atoms with Crippen LogP contribution in [0.2, 0.25) is 0 Å². The maximum absolute atomic E-state index is 12.9. The van der Waals surface area contributed by atoms with E-state index in [1.165, 1.54) is 18.5 Å². The summed E-state index contributed by atoms with van der Waals surface area (Å²) in [7, 11) is 1.94. The molecule has 0 aromatic carbocycles. The molecule has 1 fully saturated rings. The standard InChI is InChI=1S/C20H31N5O/c1-8-15(18-12(2)22-24(7)13(18)3)21-19(26)16-11-17(14-9-10-14)25(23-16)20(4,5)6/h11,14-15H,8-10H2,1-7H3,(H,21,26). The zero-order valence-corrected chi connectivity index (χ0v) is 17.1. The van der Waals surface area contributed by atoms with Gasteiger partial charge in [-0.3, -0.25) is 14.2 Å². The second-order valence-corrected chi connectivity index (χ2v) is 8.45. The van der Waals surface area contributed by atoms with Crippen molar-refractivity contribution in [2.24, 2.45) is 7.05 Å². The first-order valence-corrected chi connectivity index (χ1v) is 9.54. The highest BCUT2D eigenvalue weighted by Crippen LogP contribution is 2.41. The van der Waals surface area contributed by atoms with E-state index in [1.807, 2.05) is 36.3 Å². The maximum Gasteiger partial charge on any atom is 0.272 e. The molecule has 0 saturated heterocycles. The van der Waals surface area contributed by atoms with Crippen LogP contribution in [0.1, 0.15) is 92.1 Å². The third kappa shape index (κ3) is 3.41. The molecule has 3 rings (SSSR count). The lowest BCUT2D eigenvalue weighted by molar-refractivity contribution is 0.0928. The van der Waals surface area contributed by atoms with E-state index in [9.17, 15) is 4.79 Å². The van der Waals surface area contributed by atoms with Crippen LogP contribution in [0.25, 0.3) is 0 Å². The molecule has 1 aliphatic rings. The number of aromatic nitrogens is 4. The van der Waals surface area contributed by atoms with Crippen molar-refractivity contribution < 1.29 is 4.79 Å². The number of hydrogen-bond donors (Lipinski definition) is 1. The fraction of sp³-hybridized carbons (Fsp3) is 0.650.